The monoisotopic (exact) mass is 302 g/mol. The summed E-state index contributed by atoms with van der Waals surface area (Å²) in [5, 5.41) is 0.582. The summed E-state index contributed by atoms with van der Waals surface area (Å²) in [6.45, 7) is 0.136. The van der Waals surface area contributed by atoms with Gasteiger partial charge in [0.15, 0.2) is 0 Å². The quantitative estimate of drug-likeness (QED) is 0.922. The van der Waals surface area contributed by atoms with E-state index in [9.17, 15) is 9.59 Å². The minimum Gasteiger partial charge on any atom is -0.368 e. The number of carbonyl (C=O) groups excluding carboxylic acids is 2. The number of hydrogen-bond acceptors (Lipinski definition) is 2. The normalized spacial score (nSPS) is 10.1. The van der Waals surface area contributed by atoms with Gasteiger partial charge in [-0.1, -0.05) is 41.9 Å². The first kappa shape index (κ1) is 15.1. The summed E-state index contributed by atoms with van der Waals surface area (Å²) >= 11 is 5.94. The first-order valence-electron chi connectivity index (χ1n) is 6.43. The lowest BCUT2D eigenvalue weighted by molar-refractivity contribution is -0.118. The smallest absolute Gasteiger partial charge is 0.254 e. The van der Waals surface area contributed by atoms with Crippen LogP contribution in [0.3, 0.4) is 0 Å². The van der Waals surface area contributed by atoms with Crippen LogP contribution in [-0.2, 0) is 11.3 Å². The van der Waals surface area contributed by atoms with Crippen LogP contribution >= 0.6 is 11.6 Å². The Bertz CT molecular complexity index is 644. The highest BCUT2D eigenvalue weighted by Gasteiger charge is 2.17. The number of halogens is 1. The largest absolute Gasteiger partial charge is 0.368 e. The first-order chi connectivity index (χ1) is 10.1. The summed E-state index contributed by atoms with van der Waals surface area (Å²) < 4.78 is 0. The van der Waals surface area contributed by atoms with Gasteiger partial charge in [-0.2, -0.15) is 0 Å². The Kier molecular flexibility index (Phi) is 4.95. The second kappa shape index (κ2) is 6.90. The number of rotatable bonds is 5. The summed E-state index contributed by atoms with van der Waals surface area (Å²) in [7, 11) is 0. The molecule has 0 atom stereocenters. The molecule has 4 nitrogen and oxygen atoms in total. The fourth-order valence-corrected chi connectivity index (χ4v) is 2.22. The molecule has 21 heavy (non-hydrogen) atoms. The Balaban J connectivity index is 2.22. The van der Waals surface area contributed by atoms with Gasteiger partial charge in [-0.05, 0) is 29.8 Å². The van der Waals surface area contributed by atoms with Gasteiger partial charge < -0.3 is 10.6 Å². The third-order valence-corrected chi connectivity index (χ3v) is 3.15. The predicted octanol–water partition coefficient (Wildman–Crippen LogP) is 2.47. The molecule has 0 heterocycles. The SMILES string of the molecule is NC(=O)CN(Cc1cccc(Cl)c1)C(=O)c1ccccc1. The van der Waals surface area contributed by atoms with E-state index in [0.717, 1.165) is 5.56 Å². The number of benzene rings is 2. The number of carbonyl (C=O) groups is 2. The molecule has 2 N–H and O–H groups in total. The van der Waals surface area contributed by atoms with Crippen LogP contribution in [0.5, 0.6) is 0 Å². The molecule has 0 unspecified atom stereocenters. The highest BCUT2D eigenvalue weighted by Crippen LogP contribution is 2.14. The van der Waals surface area contributed by atoms with Crippen LogP contribution in [0.4, 0.5) is 0 Å². The van der Waals surface area contributed by atoms with Crippen molar-refractivity contribution < 1.29 is 9.59 Å². The average Bonchev–Trinajstić information content (AvgIpc) is 2.46. The summed E-state index contributed by atoms with van der Waals surface area (Å²) in [5.74, 6) is -0.796. The molecular formula is C16H15ClN2O2. The van der Waals surface area contributed by atoms with Crippen LogP contribution in [0.25, 0.3) is 0 Å². The van der Waals surface area contributed by atoms with Gasteiger partial charge in [-0.15, -0.1) is 0 Å². The van der Waals surface area contributed by atoms with Crippen LogP contribution in [0.2, 0.25) is 5.02 Å². The van der Waals surface area contributed by atoms with E-state index in [1.165, 1.54) is 4.90 Å². The molecule has 108 valence electrons. The van der Waals surface area contributed by atoms with Crippen molar-refractivity contribution in [2.24, 2.45) is 5.73 Å². The standard InChI is InChI=1S/C16H15ClN2O2/c17-14-8-4-5-12(9-14)10-19(11-15(18)20)16(21)13-6-2-1-3-7-13/h1-9H,10-11H2,(H2,18,20). The van der Waals surface area contributed by atoms with Crippen molar-refractivity contribution in [3.05, 3.63) is 70.7 Å². The van der Waals surface area contributed by atoms with Gasteiger partial charge in [0, 0.05) is 17.1 Å². The first-order valence-corrected chi connectivity index (χ1v) is 6.81. The summed E-state index contributed by atoms with van der Waals surface area (Å²) in [6.07, 6.45) is 0. The van der Waals surface area contributed by atoms with E-state index in [4.69, 9.17) is 17.3 Å². The van der Waals surface area contributed by atoms with E-state index in [0.29, 0.717) is 10.6 Å². The lowest BCUT2D eigenvalue weighted by atomic mass is 10.1. The molecule has 0 aromatic heterocycles. The van der Waals surface area contributed by atoms with Crippen molar-refractivity contribution in [1.82, 2.24) is 4.90 Å². The van der Waals surface area contributed by atoms with Crippen LogP contribution < -0.4 is 5.73 Å². The Morgan fingerprint density at radius 3 is 2.38 bits per heavy atom. The molecule has 0 spiro atoms. The molecule has 0 saturated heterocycles. The van der Waals surface area contributed by atoms with E-state index in [-0.39, 0.29) is 19.0 Å². The van der Waals surface area contributed by atoms with E-state index in [1.54, 1.807) is 42.5 Å². The molecule has 2 rings (SSSR count). The summed E-state index contributed by atoms with van der Waals surface area (Å²) in [5.41, 5.74) is 6.59. The van der Waals surface area contributed by atoms with E-state index >= 15 is 0 Å². The van der Waals surface area contributed by atoms with Crippen LogP contribution in [0.1, 0.15) is 15.9 Å². The van der Waals surface area contributed by atoms with Crippen LogP contribution in [-0.4, -0.2) is 23.3 Å². The lowest BCUT2D eigenvalue weighted by Gasteiger charge is -2.21. The number of nitrogens with two attached hydrogens (primary N) is 1. The number of nitrogens with zero attached hydrogens (tertiary/aromatic N) is 1. The topological polar surface area (TPSA) is 63.4 Å². The zero-order chi connectivity index (χ0) is 15.2. The van der Waals surface area contributed by atoms with Gasteiger partial charge in [0.05, 0.1) is 6.54 Å². The number of amides is 2. The maximum Gasteiger partial charge on any atom is 0.254 e. The van der Waals surface area contributed by atoms with E-state index < -0.39 is 5.91 Å². The maximum atomic E-state index is 12.5. The second-order valence-corrected chi connectivity index (χ2v) is 5.06. The van der Waals surface area contributed by atoms with Crippen molar-refractivity contribution >= 4 is 23.4 Å². The minimum atomic E-state index is -0.554. The molecule has 0 saturated carbocycles. The zero-order valence-electron chi connectivity index (χ0n) is 11.3. The Labute approximate surface area is 128 Å². The van der Waals surface area contributed by atoms with E-state index in [1.807, 2.05) is 12.1 Å². The van der Waals surface area contributed by atoms with Gasteiger partial charge in [0.1, 0.15) is 0 Å². The van der Waals surface area contributed by atoms with Crippen LogP contribution in [0, 0.1) is 0 Å². The second-order valence-electron chi connectivity index (χ2n) is 4.62. The van der Waals surface area contributed by atoms with Crippen molar-refractivity contribution in [3.63, 3.8) is 0 Å². The molecule has 5 heteroatoms. The third-order valence-electron chi connectivity index (χ3n) is 2.92. The Morgan fingerprint density at radius 1 is 1.05 bits per heavy atom. The number of primary amides is 1. The molecule has 0 radical (unpaired) electrons. The Hall–Kier alpha value is -2.33. The van der Waals surface area contributed by atoms with Crippen molar-refractivity contribution in [3.8, 4) is 0 Å². The van der Waals surface area contributed by atoms with Gasteiger partial charge >= 0.3 is 0 Å². The molecular weight excluding hydrogens is 288 g/mol. The summed E-state index contributed by atoms with van der Waals surface area (Å²) in [6, 6.07) is 15.9. The predicted molar refractivity (Wildman–Crippen MR) is 81.8 cm³/mol. The van der Waals surface area contributed by atoms with Gasteiger partial charge in [0.25, 0.3) is 5.91 Å². The zero-order valence-corrected chi connectivity index (χ0v) is 12.1. The highest BCUT2D eigenvalue weighted by molar-refractivity contribution is 6.30. The van der Waals surface area contributed by atoms with Crippen molar-refractivity contribution in [2.45, 2.75) is 6.54 Å². The van der Waals surface area contributed by atoms with Gasteiger partial charge in [-0.25, -0.2) is 0 Å². The van der Waals surface area contributed by atoms with Crippen molar-refractivity contribution in [2.75, 3.05) is 6.54 Å². The van der Waals surface area contributed by atoms with Crippen LogP contribution in [0.15, 0.2) is 54.6 Å². The lowest BCUT2D eigenvalue weighted by Crippen LogP contribution is -2.38. The molecule has 0 aliphatic rings. The summed E-state index contributed by atoms with van der Waals surface area (Å²) in [4.78, 5) is 25.1. The highest BCUT2D eigenvalue weighted by atomic mass is 35.5. The maximum absolute atomic E-state index is 12.5. The molecule has 2 aromatic carbocycles. The fourth-order valence-electron chi connectivity index (χ4n) is 2.01. The van der Waals surface area contributed by atoms with E-state index in [2.05, 4.69) is 0 Å². The van der Waals surface area contributed by atoms with Gasteiger partial charge in [0.2, 0.25) is 5.91 Å². The van der Waals surface area contributed by atoms with Gasteiger partial charge in [-0.3, -0.25) is 9.59 Å². The molecule has 2 aromatic rings. The fraction of sp³-hybridized carbons (Fsp3) is 0.125. The molecule has 2 amide bonds. The number of hydrogen-bond donors (Lipinski definition) is 1. The molecule has 0 aliphatic carbocycles. The third kappa shape index (κ3) is 4.33. The van der Waals surface area contributed by atoms with Crippen molar-refractivity contribution in [1.29, 1.82) is 0 Å². The molecule has 0 fully saturated rings. The molecule has 0 bridgehead atoms. The minimum absolute atomic E-state index is 0.139. The average molecular weight is 303 g/mol. The molecule has 0 aliphatic heterocycles. The Morgan fingerprint density at radius 2 is 1.76 bits per heavy atom.